The van der Waals surface area contributed by atoms with E-state index in [2.05, 4.69) is 5.32 Å². The zero-order chi connectivity index (χ0) is 19.4. The summed E-state index contributed by atoms with van der Waals surface area (Å²) in [7, 11) is 0. The second-order valence-corrected chi connectivity index (χ2v) is 6.59. The first kappa shape index (κ1) is 18.7. The molecule has 1 N–H and O–H groups in total. The summed E-state index contributed by atoms with van der Waals surface area (Å²) in [6.07, 6.45) is 0. The molecule has 138 valence electrons. The number of carbonyl (C=O) groups excluding carboxylic acids is 2. The van der Waals surface area contributed by atoms with Crippen LogP contribution in [0.3, 0.4) is 0 Å². The number of anilines is 1. The third kappa shape index (κ3) is 4.38. The van der Waals surface area contributed by atoms with Gasteiger partial charge in [0.25, 0.3) is 5.91 Å². The van der Waals surface area contributed by atoms with Crippen molar-refractivity contribution in [1.29, 1.82) is 0 Å². The lowest BCUT2D eigenvalue weighted by Crippen LogP contribution is -2.14. The maximum absolute atomic E-state index is 13.1. The van der Waals surface area contributed by atoms with E-state index in [0.29, 0.717) is 10.4 Å². The molecule has 0 unspecified atom stereocenters. The first-order valence-electron chi connectivity index (χ1n) is 8.11. The van der Waals surface area contributed by atoms with Gasteiger partial charge in [-0.1, -0.05) is 12.1 Å². The van der Waals surface area contributed by atoms with E-state index in [9.17, 15) is 18.4 Å². The van der Waals surface area contributed by atoms with Gasteiger partial charge in [0.1, 0.15) is 16.5 Å². The van der Waals surface area contributed by atoms with Gasteiger partial charge >= 0.3 is 5.97 Å². The highest BCUT2D eigenvalue weighted by atomic mass is 32.1. The van der Waals surface area contributed by atoms with Gasteiger partial charge in [0.05, 0.1) is 12.3 Å². The predicted octanol–water partition coefficient (Wildman–Crippen LogP) is 5.12. The van der Waals surface area contributed by atoms with Gasteiger partial charge in [-0.25, -0.2) is 13.6 Å². The third-order valence-corrected chi connectivity index (χ3v) is 4.84. The van der Waals surface area contributed by atoms with Gasteiger partial charge in [0.15, 0.2) is 0 Å². The van der Waals surface area contributed by atoms with E-state index >= 15 is 0 Å². The highest BCUT2D eigenvalue weighted by Crippen LogP contribution is 2.35. The zero-order valence-corrected chi connectivity index (χ0v) is 15.1. The molecule has 0 bridgehead atoms. The van der Waals surface area contributed by atoms with Crippen molar-refractivity contribution in [2.24, 2.45) is 0 Å². The van der Waals surface area contributed by atoms with Crippen molar-refractivity contribution >= 4 is 28.9 Å². The van der Waals surface area contributed by atoms with Crippen LogP contribution in [-0.4, -0.2) is 18.5 Å². The summed E-state index contributed by atoms with van der Waals surface area (Å²) in [5.74, 6) is -1.87. The van der Waals surface area contributed by atoms with Gasteiger partial charge in [0, 0.05) is 10.4 Å². The molecule has 0 saturated heterocycles. The molecule has 0 fully saturated rings. The van der Waals surface area contributed by atoms with E-state index in [1.165, 1.54) is 36.4 Å². The Bertz CT molecular complexity index is 966. The lowest BCUT2D eigenvalue weighted by Gasteiger charge is -2.06. The maximum atomic E-state index is 13.1. The van der Waals surface area contributed by atoms with Crippen LogP contribution in [0.5, 0.6) is 0 Å². The number of hydrogen-bond acceptors (Lipinski definition) is 4. The fourth-order valence-electron chi connectivity index (χ4n) is 2.38. The largest absolute Gasteiger partial charge is 0.462 e. The van der Waals surface area contributed by atoms with Crippen molar-refractivity contribution in [1.82, 2.24) is 0 Å². The van der Waals surface area contributed by atoms with Crippen LogP contribution < -0.4 is 5.32 Å². The Morgan fingerprint density at radius 3 is 2.19 bits per heavy atom. The summed E-state index contributed by atoms with van der Waals surface area (Å²) < 4.78 is 31.2. The van der Waals surface area contributed by atoms with Gasteiger partial charge in [-0.3, -0.25) is 4.79 Å². The number of esters is 1. The average Bonchev–Trinajstić information content (AvgIpc) is 3.07. The number of rotatable bonds is 5. The number of amides is 1. The van der Waals surface area contributed by atoms with Gasteiger partial charge < -0.3 is 10.1 Å². The summed E-state index contributed by atoms with van der Waals surface area (Å²) in [5, 5.41) is 2.66. The molecule has 3 aromatic rings. The van der Waals surface area contributed by atoms with Crippen molar-refractivity contribution in [3.63, 3.8) is 0 Å². The Hall–Kier alpha value is -3.06. The molecule has 0 aliphatic heterocycles. The summed E-state index contributed by atoms with van der Waals surface area (Å²) in [6.45, 7) is 1.87. The van der Waals surface area contributed by atoms with Crippen LogP contribution in [0.15, 0.2) is 54.6 Å². The molecule has 1 amide bonds. The normalized spacial score (nSPS) is 10.5. The smallest absolute Gasteiger partial charge is 0.350 e. The molecule has 1 heterocycles. The Kier molecular flexibility index (Phi) is 5.61. The third-order valence-electron chi connectivity index (χ3n) is 3.68. The second-order valence-electron chi connectivity index (χ2n) is 5.54. The topological polar surface area (TPSA) is 55.4 Å². The van der Waals surface area contributed by atoms with Gasteiger partial charge in [0.2, 0.25) is 0 Å². The summed E-state index contributed by atoms with van der Waals surface area (Å²) in [5.41, 5.74) is 1.24. The minimum atomic E-state index is -0.565. The molecule has 4 nitrogen and oxygen atoms in total. The molecule has 2 aromatic carbocycles. The van der Waals surface area contributed by atoms with Crippen LogP contribution in [-0.2, 0) is 4.74 Å². The quantitative estimate of drug-likeness (QED) is 0.618. The molecular formula is C20H15F2NO3S. The molecular weight excluding hydrogens is 372 g/mol. The van der Waals surface area contributed by atoms with Crippen molar-refractivity contribution < 1.29 is 23.1 Å². The minimum Gasteiger partial charge on any atom is -0.462 e. The molecule has 0 aliphatic rings. The fourth-order valence-corrected chi connectivity index (χ4v) is 3.40. The number of nitrogens with one attached hydrogen (secondary N) is 1. The monoisotopic (exact) mass is 387 g/mol. The lowest BCUT2D eigenvalue weighted by atomic mass is 10.1. The molecule has 0 radical (unpaired) electrons. The number of hydrogen-bond donors (Lipinski definition) is 1. The second kappa shape index (κ2) is 8.09. The number of halogens is 2. The first-order valence-corrected chi connectivity index (χ1v) is 8.93. The summed E-state index contributed by atoms with van der Waals surface area (Å²) >= 11 is 1.13. The SMILES string of the molecule is CCOC(=O)c1sc(-c2ccc(F)cc2)cc1NC(=O)c1ccc(F)cc1. The van der Waals surface area contributed by atoms with Crippen LogP contribution >= 0.6 is 11.3 Å². The van der Waals surface area contributed by atoms with E-state index in [4.69, 9.17) is 4.74 Å². The number of carbonyl (C=O) groups is 2. The predicted molar refractivity (Wildman–Crippen MR) is 100 cm³/mol. The van der Waals surface area contributed by atoms with Crippen molar-refractivity contribution in [2.45, 2.75) is 6.92 Å². The fraction of sp³-hybridized carbons (Fsp3) is 0.100. The number of ether oxygens (including phenoxy) is 1. The first-order chi connectivity index (χ1) is 13.0. The van der Waals surface area contributed by atoms with Crippen LogP contribution in [0.1, 0.15) is 27.0 Å². The highest BCUT2D eigenvalue weighted by Gasteiger charge is 2.20. The van der Waals surface area contributed by atoms with E-state index in [1.54, 1.807) is 25.1 Å². The Morgan fingerprint density at radius 1 is 1.00 bits per heavy atom. The highest BCUT2D eigenvalue weighted by molar-refractivity contribution is 7.18. The molecule has 27 heavy (non-hydrogen) atoms. The molecule has 0 atom stereocenters. The zero-order valence-electron chi connectivity index (χ0n) is 14.3. The summed E-state index contributed by atoms with van der Waals surface area (Å²) in [6, 6.07) is 12.5. The number of thiophene rings is 1. The van der Waals surface area contributed by atoms with Crippen LogP contribution in [0, 0.1) is 11.6 Å². The van der Waals surface area contributed by atoms with Crippen molar-refractivity contribution in [3.05, 3.63) is 76.7 Å². The summed E-state index contributed by atoms with van der Waals surface area (Å²) in [4.78, 5) is 25.6. The maximum Gasteiger partial charge on any atom is 0.350 e. The lowest BCUT2D eigenvalue weighted by molar-refractivity contribution is 0.0533. The molecule has 0 saturated carbocycles. The van der Waals surface area contributed by atoms with E-state index in [1.807, 2.05) is 0 Å². The van der Waals surface area contributed by atoms with Gasteiger partial charge in [-0.2, -0.15) is 0 Å². The van der Waals surface area contributed by atoms with Crippen molar-refractivity contribution in [2.75, 3.05) is 11.9 Å². The molecule has 3 rings (SSSR count). The Balaban J connectivity index is 1.94. The van der Waals surface area contributed by atoms with Crippen LogP contribution in [0.2, 0.25) is 0 Å². The van der Waals surface area contributed by atoms with E-state index in [0.717, 1.165) is 11.3 Å². The van der Waals surface area contributed by atoms with Crippen molar-refractivity contribution in [3.8, 4) is 10.4 Å². The van der Waals surface area contributed by atoms with E-state index in [-0.39, 0.29) is 28.6 Å². The minimum absolute atomic E-state index is 0.188. The molecule has 7 heteroatoms. The Morgan fingerprint density at radius 2 is 1.59 bits per heavy atom. The number of benzene rings is 2. The standard InChI is InChI=1S/C20H15F2NO3S/c1-2-26-20(25)18-16(23-19(24)13-5-9-15(22)10-6-13)11-17(27-18)12-3-7-14(21)8-4-12/h3-11H,2H2,1H3,(H,23,24). The van der Waals surface area contributed by atoms with Crippen LogP contribution in [0.4, 0.5) is 14.5 Å². The molecule has 0 aliphatic carbocycles. The van der Waals surface area contributed by atoms with Gasteiger partial charge in [-0.05, 0) is 55.0 Å². The Labute approximate surface area is 158 Å². The van der Waals surface area contributed by atoms with Gasteiger partial charge in [-0.15, -0.1) is 11.3 Å². The molecule has 0 spiro atoms. The van der Waals surface area contributed by atoms with E-state index < -0.39 is 17.7 Å². The molecule has 1 aromatic heterocycles. The average molecular weight is 387 g/mol. The van der Waals surface area contributed by atoms with Crippen LogP contribution in [0.25, 0.3) is 10.4 Å².